The second kappa shape index (κ2) is 11.7. The van der Waals surface area contributed by atoms with Gasteiger partial charge in [0.25, 0.3) is 5.91 Å². The van der Waals surface area contributed by atoms with E-state index in [4.69, 9.17) is 16.3 Å². The molecule has 0 radical (unpaired) electrons. The molecule has 0 aliphatic rings. The third-order valence-electron chi connectivity index (χ3n) is 5.07. The summed E-state index contributed by atoms with van der Waals surface area (Å²) < 4.78 is 6.74. The van der Waals surface area contributed by atoms with Crippen LogP contribution in [-0.4, -0.2) is 51.0 Å². The van der Waals surface area contributed by atoms with Gasteiger partial charge in [0, 0.05) is 30.1 Å². The lowest BCUT2D eigenvalue weighted by atomic mass is 10.2. The molecule has 11 heteroatoms. The maximum atomic E-state index is 12.3. The Morgan fingerprint density at radius 1 is 1.03 bits per heavy atom. The normalized spacial score (nSPS) is 10.8. The molecule has 2 heterocycles. The number of rotatable bonds is 10. The van der Waals surface area contributed by atoms with Crippen molar-refractivity contribution in [3.8, 4) is 5.75 Å². The highest BCUT2D eigenvalue weighted by molar-refractivity contribution is 7.99. The Morgan fingerprint density at radius 2 is 1.83 bits per heavy atom. The Labute approximate surface area is 211 Å². The monoisotopic (exact) mass is 510 g/mol. The summed E-state index contributed by atoms with van der Waals surface area (Å²) in [6, 6.07) is 17.9. The molecule has 0 saturated heterocycles. The molecule has 4 aromatic rings. The van der Waals surface area contributed by atoms with Gasteiger partial charge in [-0.3, -0.25) is 9.59 Å². The van der Waals surface area contributed by atoms with Crippen LogP contribution in [0.5, 0.6) is 5.75 Å². The Kier molecular flexibility index (Phi) is 8.17. The maximum Gasteiger partial charge on any atom is 0.251 e. The first-order valence-electron chi connectivity index (χ1n) is 10.8. The number of hydrogen-bond donors (Lipinski definition) is 2. The summed E-state index contributed by atoms with van der Waals surface area (Å²) in [5.41, 5.74) is 2.00. The number of fused-ring (bicyclic) bond motifs is 1. The van der Waals surface area contributed by atoms with Gasteiger partial charge in [-0.1, -0.05) is 41.6 Å². The predicted molar refractivity (Wildman–Crippen MR) is 134 cm³/mol. The number of carbonyl (C=O) groups excluding carboxylic acids is 2. The van der Waals surface area contributed by atoms with Crippen molar-refractivity contribution < 1.29 is 14.3 Å². The van der Waals surface area contributed by atoms with Crippen molar-refractivity contribution in [2.45, 2.75) is 18.0 Å². The number of hydrogen-bond acceptors (Lipinski definition) is 7. The molecule has 2 amide bonds. The van der Waals surface area contributed by atoms with Gasteiger partial charge in [0.2, 0.25) is 5.91 Å². The van der Waals surface area contributed by atoms with Crippen molar-refractivity contribution in [2.75, 3.05) is 19.4 Å². The van der Waals surface area contributed by atoms with E-state index in [0.29, 0.717) is 52.3 Å². The van der Waals surface area contributed by atoms with E-state index >= 15 is 0 Å². The standard InChI is InChI=1S/C24H23ClN6O3S/c1-34-18-8-6-16(7-9-18)24(33)26-13-12-21-29-28-20-10-11-23(30-31(20)21)35-15-22(32)27-14-17-4-2-3-5-19(17)25/h2-11H,12-15H2,1H3,(H,26,33)(H,27,32). The largest absolute Gasteiger partial charge is 0.497 e. The van der Waals surface area contributed by atoms with Crippen LogP contribution < -0.4 is 15.4 Å². The molecule has 180 valence electrons. The maximum absolute atomic E-state index is 12.3. The molecule has 0 spiro atoms. The number of halogens is 1. The van der Waals surface area contributed by atoms with Crippen molar-refractivity contribution in [3.05, 3.63) is 82.6 Å². The van der Waals surface area contributed by atoms with E-state index in [-0.39, 0.29) is 17.6 Å². The number of carbonyl (C=O) groups is 2. The summed E-state index contributed by atoms with van der Waals surface area (Å²) in [5.74, 6) is 1.20. The molecule has 9 nitrogen and oxygen atoms in total. The molecule has 0 bridgehead atoms. The van der Waals surface area contributed by atoms with Gasteiger partial charge >= 0.3 is 0 Å². The summed E-state index contributed by atoms with van der Waals surface area (Å²) >= 11 is 7.44. The minimum atomic E-state index is -0.187. The Bertz CT molecular complexity index is 1330. The molecule has 0 saturated carbocycles. The van der Waals surface area contributed by atoms with Crippen LogP contribution in [0, 0.1) is 0 Å². The van der Waals surface area contributed by atoms with Gasteiger partial charge < -0.3 is 15.4 Å². The molecule has 2 N–H and O–H groups in total. The van der Waals surface area contributed by atoms with Gasteiger partial charge in [-0.2, -0.15) is 9.61 Å². The quantitative estimate of drug-likeness (QED) is 0.315. The van der Waals surface area contributed by atoms with E-state index in [2.05, 4.69) is 25.9 Å². The third-order valence-corrected chi connectivity index (χ3v) is 6.36. The fourth-order valence-electron chi connectivity index (χ4n) is 3.21. The molecular formula is C24H23ClN6O3S. The molecule has 2 aromatic heterocycles. The van der Waals surface area contributed by atoms with Crippen molar-refractivity contribution >= 4 is 40.8 Å². The highest BCUT2D eigenvalue weighted by Gasteiger charge is 2.11. The number of nitrogens with one attached hydrogen (secondary N) is 2. The smallest absolute Gasteiger partial charge is 0.251 e. The first-order chi connectivity index (χ1) is 17.0. The number of ether oxygens (including phenoxy) is 1. The second-order valence-corrected chi connectivity index (χ2v) is 8.85. The van der Waals surface area contributed by atoms with E-state index < -0.39 is 0 Å². The average molecular weight is 511 g/mol. The van der Waals surface area contributed by atoms with Gasteiger partial charge in [0.1, 0.15) is 10.8 Å². The van der Waals surface area contributed by atoms with Gasteiger partial charge in [-0.05, 0) is 48.0 Å². The van der Waals surface area contributed by atoms with Crippen LogP contribution in [0.15, 0.2) is 65.7 Å². The van der Waals surface area contributed by atoms with E-state index in [0.717, 1.165) is 5.56 Å². The van der Waals surface area contributed by atoms with Crippen molar-refractivity contribution in [2.24, 2.45) is 0 Å². The first kappa shape index (κ1) is 24.5. The number of methoxy groups -OCH3 is 1. The van der Waals surface area contributed by atoms with Crippen molar-refractivity contribution in [1.82, 2.24) is 30.4 Å². The van der Waals surface area contributed by atoms with Crippen molar-refractivity contribution in [1.29, 1.82) is 0 Å². The topological polar surface area (TPSA) is 111 Å². The predicted octanol–water partition coefficient (Wildman–Crippen LogP) is 3.17. The van der Waals surface area contributed by atoms with Crippen LogP contribution in [0.3, 0.4) is 0 Å². The Morgan fingerprint density at radius 3 is 2.60 bits per heavy atom. The Hall–Kier alpha value is -3.63. The van der Waals surface area contributed by atoms with Crippen molar-refractivity contribution in [3.63, 3.8) is 0 Å². The lowest BCUT2D eigenvalue weighted by Crippen LogP contribution is -2.26. The summed E-state index contributed by atoms with van der Waals surface area (Å²) in [7, 11) is 1.58. The molecular weight excluding hydrogens is 488 g/mol. The summed E-state index contributed by atoms with van der Waals surface area (Å²) in [5, 5.41) is 19.9. The molecule has 0 unspecified atom stereocenters. The van der Waals surface area contributed by atoms with E-state index in [1.165, 1.54) is 11.8 Å². The van der Waals surface area contributed by atoms with Gasteiger partial charge in [0.05, 0.1) is 12.9 Å². The third kappa shape index (κ3) is 6.49. The number of nitrogens with zero attached hydrogens (tertiary/aromatic N) is 4. The molecule has 4 rings (SSSR count). The van der Waals surface area contributed by atoms with Crippen LogP contribution in [0.4, 0.5) is 0 Å². The molecule has 0 fully saturated rings. The van der Waals surface area contributed by atoms with E-state index in [9.17, 15) is 9.59 Å². The highest BCUT2D eigenvalue weighted by atomic mass is 35.5. The minimum absolute atomic E-state index is 0.123. The van der Waals surface area contributed by atoms with Crippen LogP contribution in [0.25, 0.3) is 5.65 Å². The number of benzene rings is 2. The molecule has 0 atom stereocenters. The zero-order valence-electron chi connectivity index (χ0n) is 18.9. The molecule has 0 aliphatic heterocycles. The number of aromatic nitrogens is 4. The highest BCUT2D eigenvalue weighted by Crippen LogP contribution is 2.17. The van der Waals surface area contributed by atoms with Crippen LogP contribution in [0.2, 0.25) is 5.02 Å². The lowest BCUT2D eigenvalue weighted by Gasteiger charge is -2.07. The van der Waals surface area contributed by atoms with E-state index in [1.807, 2.05) is 18.2 Å². The van der Waals surface area contributed by atoms with Crippen LogP contribution in [-0.2, 0) is 17.8 Å². The minimum Gasteiger partial charge on any atom is -0.497 e. The summed E-state index contributed by atoms with van der Waals surface area (Å²) in [6.45, 7) is 0.735. The zero-order valence-corrected chi connectivity index (χ0v) is 20.5. The SMILES string of the molecule is COc1ccc(C(=O)NCCc2nnc3ccc(SCC(=O)NCc4ccccc4Cl)nn23)cc1. The zero-order chi connectivity index (χ0) is 24.6. The second-order valence-electron chi connectivity index (χ2n) is 7.45. The molecule has 35 heavy (non-hydrogen) atoms. The molecule has 2 aromatic carbocycles. The number of thioether (sulfide) groups is 1. The summed E-state index contributed by atoms with van der Waals surface area (Å²) in [4.78, 5) is 24.6. The average Bonchev–Trinajstić information content (AvgIpc) is 3.29. The first-order valence-corrected chi connectivity index (χ1v) is 12.2. The van der Waals surface area contributed by atoms with Gasteiger partial charge in [-0.15, -0.1) is 10.2 Å². The van der Waals surface area contributed by atoms with Gasteiger partial charge in [-0.25, -0.2) is 0 Å². The molecule has 0 aliphatic carbocycles. The fourth-order valence-corrected chi connectivity index (χ4v) is 4.09. The number of amides is 2. The fraction of sp³-hybridized carbons (Fsp3) is 0.208. The van der Waals surface area contributed by atoms with Crippen LogP contribution >= 0.6 is 23.4 Å². The lowest BCUT2D eigenvalue weighted by molar-refractivity contribution is -0.118. The van der Waals surface area contributed by atoms with E-state index in [1.54, 1.807) is 54.1 Å². The summed E-state index contributed by atoms with van der Waals surface area (Å²) in [6.07, 6.45) is 0.447. The Balaban J connectivity index is 1.29. The van der Waals surface area contributed by atoms with Crippen LogP contribution in [0.1, 0.15) is 21.7 Å². The van der Waals surface area contributed by atoms with Gasteiger partial charge in [0.15, 0.2) is 11.5 Å².